The van der Waals surface area contributed by atoms with Crippen molar-refractivity contribution in [2.75, 3.05) is 10.2 Å². The summed E-state index contributed by atoms with van der Waals surface area (Å²) in [5, 5.41) is 26.8. The van der Waals surface area contributed by atoms with Crippen LogP contribution in [0.25, 0.3) is 0 Å². The molecule has 1 heterocycles. The Kier molecular flexibility index (Phi) is 6.42. The lowest BCUT2D eigenvalue weighted by molar-refractivity contribution is -0.394. The number of anilines is 2. The van der Waals surface area contributed by atoms with Gasteiger partial charge in [-0.1, -0.05) is 23.7 Å². The molecule has 2 N–H and O–H groups in total. The Hall–Kier alpha value is -4.75. The zero-order valence-electron chi connectivity index (χ0n) is 17.8. The van der Waals surface area contributed by atoms with Crippen molar-refractivity contribution in [1.29, 1.82) is 0 Å². The molecule has 0 aromatic heterocycles. The van der Waals surface area contributed by atoms with Gasteiger partial charge >= 0.3 is 0 Å². The van der Waals surface area contributed by atoms with Gasteiger partial charge in [-0.2, -0.15) is 0 Å². The van der Waals surface area contributed by atoms with E-state index in [-0.39, 0.29) is 38.2 Å². The van der Waals surface area contributed by atoms with E-state index < -0.39 is 38.9 Å². The van der Waals surface area contributed by atoms with Crippen LogP contribution in [0.5, 0.6) is 0 Å². The molecule has 12 nitrogen and oxygen atoms in total. The van der Waals surface area contributed by atoms with Crippen LogP contribution in [0, 0.1) is 20.2 Å². The molecule has 14 heteroatoms. The maximum atomic E-state index is 12.7. The molecule has 4 rings (SSSR count). The lowest BCUT2D eigenvalue weighted by Crippen LogP contribution is -2.34. The van der Waals surface area contributed by atoms with Crippen LogP contribution in [0.1, 0.15) is 31.1 Å². The normalized spacial score (nSPS) is 12.2. The van der Waals surface area contributed by atoms with E-state index in [1.54, 1.807) is 24.3 Å². The van der Waals surface area contributed by atoms with Crippen LogP contribution in [0.3, 0.4) is 0 Å². The van der Waals surface area contributed by atoms with E-state index in [1.165, 1.54) is 18.2 Å². The third-order valence-electron chi connectivity index (χ3n) is 5.07. The van der Waals surface area contributed by atoms with Gasteiger partial charge < -0.3 is 5.32 Å². The maximum absolute atomic E-state index is 12.7. The molecule has 0 aliphatic carbocycles. The van der Waals surface area contributed by atoms with Gasteiger partial charge in [-0.05, 0) is 42.5 Å². The number of nitro benzene ring substituents is 2. The van der Waals surface area contributed by atoms with Gasteiger partial charge in [0, 0.05) is 12.1 Å². The minimum Gasteiger partial charge on any atom is -0.331 e. The molecule has 0 saturated heterocycles. The fraction of sp³-hybridized carbons (Fsp3) is 0. The highest BCUT2D eigenvalue weighted by Crippen LogP contribution is 2.33. The molecule has 36 heavy (non-hydrogen) atoms. The zero-order chi connectivity index (χ0) is 26.1. The highest BCUT2D eigenvalue weighted by Gasteiger charge is 2.36. The second-order valence-electron chi connectivity index (χ2n) is 7.32. The largest absolute Gasteiger partial charge is 0.331 e. The van der Waals surface area contributed by atoms with Crippen molar-refractivity contribution >= 4 is 69.4 Å². The Bertz CT molecular complexity index is 1440. The molecular weight excluding hydrogens is 514 g/mol. The first-order chi connectivity index (χ1) is 17.1. The van der Waals surface area contributed by atoms with E-state index in [2.05, 4.69) is 10.6 Å². The first-order valence-corrected chi connectivity index (χ1v) is 10.7. The molecule has 0 saturated carbocycles. The topological polar surface area (TPSA) is 165 Å². The molecule has 3 aromatic carbocycles. The fourth-order valence-corrected chi connectivity index (χ4v) is 3.86. The Balaban J connectivity index is 1.49. The van der Waals surface area contributed by atoms with Crippen molar-refractivity contribution in [1.82, 2.24) is 5.32 Å². The molecule has 1 aliphatic heterocycles. The molecule has 180 valence electrons. The van der Waals surface area contributed by atoms with Crippen LogP contribution < -0.4 is 15.5 Å². The van der Waals surface area contributed by atoms with E-state index >= 15 is 0 Å². The number of hydrogen-bond donors (Lipinski definition) is 2. The molecule has 0 bridgehead atoms. The quantitative estimate of drug-likeness (QED) is 0.216. The third-order valence-corrected chi connectivity index (χ3v) is 5.58. The van der Waals surface area contributed by atoms with Gasteiger partial charge in [-0.3, -0.25) is 39.9 Å². The van der Waals surface area contributed by atoms with Gasteiger partial charge in [0.25, 0.3) is 29.1 Å². The van der Waals surface area contributed by atoms with Crippen molar-refractivity contribution in [2.24, 2.45) is 0 Å². The number of non-ortho nitro benzene ring substituents is 2. The summed E-state index contributed by atoms with van der Waals surface area (Å²) in [5.41, 5.74) is -0.660. The molecule has 0 unspecified atom stereocenters. The molecule has 0 atom stereocenters. The van der Waals surface area contributed by atoms with Crippen LogP contribution in [-0.4, -0.2) is 32.7 Å². The Morgan fingerprint density at radius 3 is 1.94 bits per heavy atom. The predicted molar refractivity (Wildman–Crippen MR) is 132 cm³/mol. The van der Waals surface area contributed by atoms with Gasteiger partial charge in [-0.15, -0.1) is 0 Å². The molecule has 0 fully saturated rings. The van der Waals surface area contributed by atoms with Gasteiger partial charge in [0.15, 0.2) is 5.11 Å². The Morgan fingerprint density at radius 2 is 1.44 bits per heavy atom. The standard InChI is InChI=1S/C22H12ClN5O7S/c23-17-10-12(26-20(30)15-3-1-2-4-16(15)21(26)31)5-6-18(17)24-22(36)25-19(29)11-7-13(27(32)33)9-14(8-11)28(34)35/h1-10H,(H2,24,25,29,36). The lowest BCUT2D eigenvalue weighted by Gasteiger charge is -2.16. The smallest absolute Gasteiger partial charge is 0.277 e. The molecule has 3 aromatic rings. The number of imide groups is 1. The summed E-state index contributed by atoms with van der Waals surface area (Å²) < 4.78 is 0. The van der Waals surface area contributed by atoms with E-state index in [0.717, 1.165) is 23.1 Å². The van der Waals surface area contributed by atoms with Crippen molar-refractivity contribution in [3.05, 3.63) is 103 Å². The first kappa shape index (κ1) is 24.4. The number of fused-ring (bicyclic) bond motifs is 1. The second-order valence-corrected chi connectivity index (χ2v) is 8.13. The van der Waals surface area contributed by atoms with E-state index in [1.807, 2.05) is 0 Å². The van der Waals surface area contributed by atoms with Crippen molar-refractivity contribution in [3.63, 3.8) is 0 Å². The van der Waals surface area contributed by atoms with E-state index in [9.17, 15) is 34.6 Å². The van der Waals surface area contributed by atoms with Crippen molar-refractivity contribution in [2.45, 2.75) is 0 Å². The Morgan fingerprint density at radius 1 is 0.889 bits per heavy atom. The number of nitrogens with one attached hydrogen (secondary N) is 2. The number of hydrogen-bond acceptors (Lipinski definition) is 8. The monoisotopic (exact) mass is 525 g/mol. The molecule has 0 spiro atoms. The number of carbonyl (C=O) groups is 3. The fourth-order valence-electron chi connectivity index (χ4n) is 3.43. The van der Waals surface area contributed by atoms with E-state index in [0.29, 0.717) is 0 Å². The summed E-state index contributed by atoms with van der Waals surface area (Å²) in [6, 6.07) is 13.1. The maximum Gasteiger partial charge on any atom is 0.277 e. The number of nitrogens with zero attached hydrogens (tertiary/aromatic N) is 3. The third kappa shape index (κ3) is 4.60. The van der Waals surface area contributed by atoms with Crippen LogP contribution in [0.15, 0.2) is 60.7 Å². The minimum atomic E-state index is -0.932. The number of carbonyl (C=O) groups excluding carboxylic acids is 3. The summed E-state index contributed by atoms with van der Waals surface area (Å²) in [5.74, 6) is -1.93. The zero-order valence-corrected chi connectivity index (χ0v) is 19.3. The lowest BCUT2D eigenvalue weighted by atomic mass is 10.1. The predicted octanol–water partition coefficient (Wildman–Crippen LogP) is 4.08. The average Bonchev–Trinajstić information content (AvgIpc) is 3.10. The second kappa shape index (κ2) is 9.48. The first-order valence-electron chi connectivity index (χ1n) is 9.90. The molecule has 3 amide bonds. The van der Waals surface area contributed by atoms with Crippen molar-refractivity contribution in [3.8, 4) is 0 Å². The van der Waals surface area contributed by atoms with E-state index in [4.69, 9.17) is 23.8 Å². The number of thiocarbonyl (C=S) groups is 1. The number of halogens is 1. The van der Waals surface area contributed by atoms with Gasteiger partial charge in [0.2, 0.25) is 0 Å². The average molecular weight is 526 g/mol. The summed E-state index contributed by atoms with van der Waals surface area (Å²) in [4.78, 5) is 59.1. The van der Waals surface area contributed by atoms with Crippen molar-refractivity contribution < 1.29 is 24.2 Å². The van der Waals surface area contributed by atoms with Gasteiger partial charge in [-0.25, -0.2) is 4.90 Å². The van der Waals surface area contributed by atoms with Crippen LogP contribution in [0.4, 0.5) is 22.7 Å². The molecule has 1 aliphatic rings. The minimum absolute atomic E-state index is 0.0617. The summed E-state index contributed by atoms with van der Waals surface area (Å²) >= 11 is 11.4. The highest BCUT2D eigenvalue weighted by molar-refractivity contribution is 7.80. The summed E-state index contributed by atoms with van der Waals surface area (Å²) in [6.07, 6.45) is 0. The summed E-state index contributed by atoms with van der Waals surface area (Å²) in [7, 11) is 0. The SMILES string of the molecule is O=C(NC(=S)Nc1ccc(N2C(=O)c3ccccc3C2=O)cc1Cl)c1cc([N+](=O)[O-])cc([N+](=O)[O-])c1. The van der Waals surface area contributed by atoms with Crippen LogP contribution in [-0.2, 0) is 0 Å². The van der Waals surface area contributed by atoms with Gasteiger partial charge in [0.05, 0.1) is 49.0 Å². The number of rotatable bonds is 5. The van der Waals surface area contributed by atoms with Gasteiger partial charge in [0.1, 0.15) is 0 Å². The highest BCUT2D eigenvalue weighted by atomic mass is 35.5. The molecular formula is C22H12ClN5O7S. The summed E-state index contributed by atoms with van der Waals surface area (Å²) in [6.45, 7) is 0. The number of nitro groups is 2. The van der Waals surface area contributed by atoms with Crippen LogP contribution in [0.2, 0.25) is 5.02 Å². The number of amides is 3. The van der Waals surface area contributed by atoms with Crippen LogP contribution >= 0.6 is 23.8 Å². The Labute approximate surface area is 211 Å². The number of benzene rings is 3. The molecule has 0 radical (unpaired) electrons.